The van der Waals surface area contributed by atoms with Gasteiger partial charge in [-0.1, -0.05) is 28.1 Å². The van der Waals surface area contributed by atoms with Crippen molar-refractivity contribution in [3.05, 3.63) is 69.4 Å². The summed E-state index contributed by atoms with van der Waals surface area (Å²) in [6, 6.07) is 10.5. The first kappa shape index (κ1) is 16.2. The van der Waals surface area contributed by atoms with Crippen molar-refractivity contribution in [2.75, 3.05) is 6.54 Å². The van der Waals surface area contributed by atoms with Gasteiger partial charge in [-0.3, -0.25) is 4.90 Å². The molecule has 0 aliphatic carbocycles. The number of rotatable bonds is 3. The van der Waals surface area contributed by atoms with Crippen molar-refractivity contribution in [1.82, 2.24) is 19.9 Å². The minimum absolute atomic E-state index is 0.845. The number of hydrogen-bond donors (Lipinski definition) is 1. The third-order valence-corrected chi connectivity index (χ3v) is 6.25. The maximum absolute atomic E-state index is 4.85. The van der Waals surface area contributed by atoms with Crippen LogP contribution in [0, 0.1) is 0 Å². The summed E-state index contributed by atoms with van der Waals surface area (Å²) in [6.45, 7) is 2.84. The summed E-state index contributed by atoms with van der Waals surface area (Å²) in [5.41, 5.74) is 4.96. The molecular formula is C20H17BrN4S. The topological polar surface area (TPSA) is 44.8 Å². The molecule has 1 aliphatic rings. The predicted molar refractivity (Wildman–Crippen MR) is 109 cm³/mol. The van der Waals surface area contributed by atoms with Crippen LogP contribution in [0.5, 0.6) is 0 Å². The van der Waals surface area contributed by atoms with E-state index in [0.29, 0.717) is 0 Å². The molecule has 0 atom stereocenters. The number of hydrogen-bond acceptors (Lipinski definition) is 4. The van der Waals surface area contributed by atoms with Crippen LogP contribution in [0.3, 0.4) is 0 Å². The van der Waals surface area contributed by atoms with Crippen LogP contribution >= 0.6 is 27.3 Å². The van der Waals surface area contributed by atoms with Gasteiger partial charge in [0.15, 0.2) is 5.82 Å². The molecule has 6 heteroatoms. The first-order chi connectivity index (χ1) is 12.8. The van der Waals surface area contributed by atoms with Crippen molar-refractivity contribution >= 4 is 38.2 Å². The molecule has 1 aromatic carbocycles. The molecule has 3 aromatic heterocycles. The first-order valence-corrected chi connectivity index (χ1v) is 10.3. The Morgan fingerprint density at radius 3 is 3.12 bits per heavy atom. The summed E-state index contributed by atoms with van der Waals surface area (Å²) in [5.74, 6) is 0.845. The fourth-order valence-electron chi connectivity index (χ4n) is 3.55. The van der Waals surface area contributed by atoms with E-state index >= 15 is 0 Å². The number of nitrogens with zero attached hydrogens (tertiary/aromatic N) is 3. The van der Waals surface area contributed by atoms with Crippen LogP contribution in [0.2, 0.25) is 0 Å². The third kappa shape index (κ3) is 2.98. The molecule has 5 rings (SSSR count). The smallest absolute Gasteiger partial charge is 0.169 e. The van der Waals surface area contributed by atoms with Crippen LogP contribution in [0.25, 0.3) is 21.6 Å². The highest BCUT2D eigenvalue weighted by Gasteiger charge is 2.20. The quantitative estimate of drug-likeness (QED) is 0.502. The Kier molecular flexibility index (Phi) is 4.11. The first-order valence-electron chi connectivity index (χ1n) is 8.63. The Morgan fingerprint density at radius 2 is 2.23 bits per heavy atom. The minimum atomic E-state index is 0.845. The van der Waals surface area contributed by atoms with Gasteiger partial charge in [0.1, 0.15) is 0 Å². The highest BCUT2D eigenvalue weighted by molar-refractivity contribution is 9.10. The molecule has 26 heavy (non-hydrogen) atoms. The Balaban J connectivity index is 1.40. The molecule has 0 saturated carbocycles. The molecule has 0 fully saturated rings. The molecule has 0 unspecified atom stereocenters. The average molecular weight is 425 g/mol. The molecule has 0 saturated heterocycles. The van der Waals surface area contributed by atoms with Crippen molar-refractivity contribution in [3.8, 4) is 10.7 Å². The SMILES string of the molecule is Brc1ccc2c(CN3CCc4cnc(-c5cccs5)nc4C3)c[nH]c2c1. The molecule has 4 nitrogen and oxygen atoms in total. The van der Waals surface area contributed by atoms with Crippen LogP contribution in [0.15, 0.2) is 52.6 Å². The van der Waals surface area contributed by atoms with E-state index in [1.807, 2.05) is 12.3 Å². The Bertz CT molecular complexity index is 1070. The Morgan fingerprint density at radius 1 is 1.27 bits per heavy atom. The fourth-order valence-corrected chi connectivity index (χ4v) is 4.57. The summed E-state index contributed by atoms with van der Waals surface area (Å²) in [7, 11) is 0. The van der Waals surface area contributed by atoms with E-state index in [4.69, 9.17) is 4.98 Å². The van der Waals surface area contributed by atoms with Crippen LogP contribution in [-0.4, -0.2) is 26.4 Å². The second kappa shape index (κ2) is 6.61. The second-order valence-electron chi connectivity index (χ2n) is 6.61. The lowest BCUT2D eigenvalue weighted by Crippen LogP contribution is -2.31. The van der Waals surface area contributed by atoms with Crippen molar-refractivity contribution in [1.29, 1.82) is 0 Å². The van der Waals surface area contributed by atoms with E-state index in [1.54, 1.807) is 11.3 Å². The van der Waals surface area contributed by atoms with Crippen molar-refractivity contribution < 1.29 is 0 Å². The van der Waals surface area contributed by atoms with Gasteiger partial charge in [-0.05, 0) is 41.1 Å². The predicted octanol–water partition coefficient (Wildman–Crippen LogP) is 5.01. The summed E-state index contributed by atoms with van der Waals surface area (Å²) in [6.07, 6.45) is 5.15. The van der Waals surface area contributed by atoms with Crippen molar-refractivity contribution in [3.63, 3.8) is 0 Å². The summed E-state index contributed by atoms with van der Waals surface area (Å²) in [4.78, 5) is 16.4. The molecule has 0 bridgehead atoms. The van der Waals surface area contributed by atoms with E-state index in [1.165, 1.54) is 22.0 Å². The highest BCUT2D eigenvalue weighted by Crippen LogP contribution is 2.27. The normalized spacial score (nSPS) is 14.7. The van der Waals surface area contributed by atoms with Gasteiger partial charge in [-0.15, -0.1) is 11.3 Å². The average Bonchev–Trinajstić information content (AvgIpc) is 3.31. The van der Waals surface area contributed by atoms with Gasteiger partial charge in [-0.25, -0.2) is 9.97 Å². The van der Waals surface area contributed by atoms with Gasteiger partial charge in [0, 0.05) is 47.4 Å². The number of thiophene rings is 1. The maximum Gasteiger partial charge on any atom is 0.169 e. The zero-order chi connectivity index (χ0) is 17.5. The van der Waals surface area contributed by atoms with Crippen molar-refractivity contribution in [2.24, 2.45) is 0 Å². The molecule has 4 heterocycles. The fraction of sp³-hybridized carbons (Fsp3) is 0.200. The Hall–Kier alpha value is -2.02. The number of halogens is 1. The van der Waals surface area contributed by atoms with Gasteiger partial charge < -0.3 is 4.98 Å². The molecule has 0 amide bonds. The van der Waals surface area contributed by atoms with E-state index in [9.17, 15) is 0 Å². The van der Waals surface area contributed by atoms with E-state index < -0.39 is 0 Å². The number of aromatic amines is 1. The largest absolute Gasteiger partial charge is 0.361 e. The standard InChI is InChI=1S/C20H17BrN4S/c21-15-3-4-16-14(10-22-17(16)8-15)11-25-6-5-13-9-23-20(24-18(13)12-25)19-2-1-7-26-19/h1-4,7-10,22H,5-6,11-12H2. The monoisotopic (exact) mass is 424 g/mol. The van der Waals surface area contributed by atoms with Crippen LogP contribution in [0.4, 0.5) is 0 Å². The van der Waals surface area contributed by atoms with Crippen LogP contribution in [0.1, 0.15) is 16.8 Å². The van der Waals surface area contributed by atoms with Crippen LogP contribution < -0.4 is 0 Å². The summed E-state index contributed by atoms with van der Waals surface area (Å²) in [5, 5.41) is 3.36. The van der Waals surface area contributed by atoms with Crippen LogP contribution in [-0.2, 0) is 19.5 Å². The lowest BCUT2D eigenvalue weighted by Gasteiger charge is -2.27. The summed E-state index contributed by atoms with van der Waals surface area (Å²) >= 11 is 5.22. The lowest BCUT2D eigenvalue weighted by atomic mass is 10.1. The number of nitrogens with one attached hydrogen (secondary N) is 1. The minimum Gasteiger partial charge on any atom is -0.361 e. The highest BCUT2D eigenvalue weighted by atomic mass is 79.9. The molecule has 0 radical (unpaired) electrons. The van der Waals surface area contributed by atoms with Gasteiger partial charge >= 0.3 is 0 Å². The molecule has 130 valence electrons. The molecular weight excluding hydrogens is 408 g/mol. The third-order valence-electron chi connectivity index (χ3n) is 4.89. The zero-order valence-corrected chi connectivity index (χ0v) is 16.5. The van der Waals surface area contributed by atoms with Gasteiger partial charge in [0.05, 0.1) is 10.6 Å². The number of benzene rings is 1. The van der Waals surface area contributed by atoms with E-state index in [2.05, 4.69) is 66.6 Å². The van der Waals surface area contributed by atoms with E-state index in [0.717, 1.165) is 46.9 Å². The van der Waals surface area contributed by atoms with Gasteiger partial charge in [0.2, 0.25) is 0 Å². The molecule has 1 aliphatic heterocycles. The maximum atomic E-state index is 4.85. The van der Waals surface area contributed by atoms with E-state index in [-0.39, 0.29) is 0 Å². The lowest BCUT2D eigenvalue weighted by molar-refractivity contribution is 0.242. The molecule has 0 spiro atoms. The summed E-state index contributed by atoms with van der Waals surface area (Å²) < 4.78 is 1.10. The number of aromatic nitrogens is 3. The Labute approximate surface area is 164 Å². The second-order valence-corrected chi connectivity index (χ2v) is 8.47. The molecule has 1 N–H and O–H groups in total. The van der Waals surface area contributed by atoms with Crippen molar-refractivity contribution in [2.45, 2.75) is 19.5 Å². The number of fused-ring (bicyclic) bond motifs is 2. The van der Waals surface area contributed by atoms with Gasteiger partial charge in [0.25, 0.3) is 0 Å². The zero-order valence-electron chi connectivity index (χ0n) is 14.1. The number of H-pyrrole nitrogens is 1. The van der Waals surface area contributed by atoms with Gasteiger partial charge in [-0.2, -0.15) is 0 Å². The molecule has 4 aromatic rings.